The molecule has 1 N–H and O–H groups in total. The van der Waals surface area contributed by atoms with Gasteiger partial charge in [0.2, 0.25) is 0 Å². The lowest BCUT2D eigenvalue weighted by Gasteiger charge is -2.04. The van der Waals surface area contributed by atoms with Crippen LogP contribution in [-0.2, 0) is 6.54 Å². The predicted octanol–water partition coefficient (Wildman–Crippen LogP) is 4.11. The van der Waals surface area contributed by atoms with E-state index >= 15 is 0 Å². The molecule has 5 nitrogen and oxygen atoms in total. The molecule has 1 heterocycles. The van der Waals surface area contributed by atoms with Crippen molar-refractivity contribution < 1.29 is 9.72 Å². The topological polar surface area (TPSA) is 72.2 Å². The normalized spacial score (nSPS) is 10.3. The molecule has 2 rings (SSSR count). The maximum absolute atomic E-state index is 12.0. The zero-order valence-corrected chi connectivity index (χ0v) is 13.9. The van der Waals surface area contributed by atoms with Gasteiger partial charge in [-0.05, 0) is 56.1 Å². The summed E-state index contributed by atoms with van der Waals surface area (Å²) in [7, 11) is 0. The number of amides is 1. The molecule has 0 spiro atoms. The highest BCUT2D eigenvalue weighted by molar-refractivity contribution is 9.11. The summed E-state index contributed by atoms with van der Waals surface area (Å²) in [5.74, 6) is -0.342. The van der Waals surface area contributed by atoms with Gasteiger partial charge in [0.05, 0.1) is 19.7 Å². The van der Waals surface area contributed by atoms with Gasteiger partial charge in [-0.1, -0.05) is 0 Å². The molecule has 0 unspecified atom stereocenters. The maximum Gasteiger partial charge on any atom is 0.284 e. The fourth-order valence-electron chi connectivity index (χ4n) is 1.51. The average Bonchev–Trinajstić information content (AvgIpc) is 2.82. The Morgan fingerprint density at radius 3 is 2.65 bits per heavy atom. The molecule has 0 aliphatic carbocycles. The molecular weight excluding hydrogens is 412 g/mol. The molecule has 0 atom stereocenters. The molecule has 0 fully saturated rings. The molecule has 1 aromatic heterocycles. The van der Waals surface area contributed by atoms with Crippen LogP contribution in [-0.4, -0.2) is 10.8 Å². The van der Waals surface area contributed by atoms with Crippen LogP contribution in [0.3, 0.4) is 0 Å². The van der Waals surface area contributed by atoms with Crippen LogP contribution in [0.4, 0.5) is 5.69 Å². The first-order valence-corrected chi connectivity index (χ1v) is 7.84. The van der Waals surface area contributed by atoms with Gasteiger partial charge >= 0.3 is 0 Å². The minimum absolute atomic E-state index is 0.128. The number of nitro groups is 1. The number of nitro benzene ring substituents is 1. The van der Waals surface area contributed by atoms with Gasteiger partial charge in [-0.2, -0.15) is 0 Å². The van der Waals surface area contributed by atoms with Gasteiger partial charge in [0.15, 0.2) is 0 Å². The second kappa shape index (κ2) is 6.47. The van der Waals surface area contributed by atoms with E-state index < -0.39 is 4.92 Å². The summed E-state index contributed by atoms with van der Waals surface area (Å²) in [5.41, 5.74) is 0.132. The lowest BCUT2D eigenvalue weighted by molar-refractivity contribution is -0.385. The van der Waals surface area contributed by atoms with E-state index in [1.54, 1.807) is 0 Å². The lowest BCUT2D eigenvalue weighted by atomic mass is 10.2. The Morgan fingerprint density at radius 1 is 1.30 bits per heavy atom. The number of nitrogens with zero attached hydrogens (tertiary/aromatic N) is 1. The molecular formula is C12H8Br2N2O3S. The fourth-order valence-corrected chi connectivity index (χ4v) is 3.32. The van der Waals surface area contributed by atoms with E-state index in [1.165, 1.54) is 29.5 Å². The second-order valence-electron chi connectivity index (χ2n) is 3.81. The van der Waals surface area contributed by atoms with E-state index in [0.29, 0.717) is 11.0 Å². The molecule has 0 radical (unpaired) electrons. The number of benzene rings is 1. The summed E-state index contributed by atoms with van der Waals surface area (Å²) in [6.45, 7) is 0.388. The molecule has 2 aromatic rings. The maximum atomic E-state index is 12.0. The zero-order chi connectivity index (χ0) is 14.7. The Balaban J connectivity index is 2.09. The van der Waals surface area contributed by atoms with E-state index in [4.69, 9.17) is 0 Å². The van der Waals surface area contributed by atoms with Crippen molar-refractivity contribution in [2.75, 3.05) is 0 Å². The van der Waals surface area contributed by atoms with E-state index in [9.17, 15) is 14.9 Å². The molecule has 0 bridgehead atoms. The van der Waals surface area contributed by atoms with Crippen LogP contribution in [0, 0.1) is 10.1 Å². The highest BCUT2D eigenvalue weighted by Gasteiger charge is 2.15. The third kappa shape index (κ3) is 3.65. The zero-order valence-electron chi connectivity index (χ0n) is 9.93. The largest absolute Gasteiger partial charge is 0.347 e. The van der Waals surface area contributed by atoms with Gasteiger partial charge in [0, 0.05) is 16.5 Å². The van der Waals surface area contributed by atoms with Crippen LogP contribution in [0.2, 0.25) is 0 Å². The molecule has 1 amide bonds. The summed E-state index contributed by atoms with van der Waals surface area (Å²) in [6, 6.07) is 8.09. The molecule has 0 saturated heterocycles. The molecule has 8 heteroatoms. The third-order valence-electron chi connectivity index (χ3n) is 2.46. The highest BCUT2D eigenvalue weighted by Crippen LogP contribution is 2.26. The number of thiophene rings is 1. The van der Waals surface area contributed by atoms with Crippen molar-refractivity contribution in [2.45, 2.75) is 6.54 Å². The lowest BCUT2D eigenvalue weighted by Crippen LogP contribution is -2.22. The summed E-state index contributed by atoms with van der Waals surface area (Å²) in [4.78, 5) is 23.2. The molecule has 1 aromatic carbocycles. The Morgan fingerprint density at radius 2 is 2.05 bits per heavy atom. The number of rotatable bonds is 4. The number of nitrogens with one attached hydrogen (secondary N) is 1. The third-order valence-corrected chi connectivity index (χ3v) is 4.75. The first-order valence-electron chi connectivity index (χ1n) is 5.43. The van der Waals surface area contributed by atoms with E-state index in [0.717, 1.165) is 8.66 Å². The van der Waals surface area contributed by atoms with Crippen molar-refractivity contribution in [3.63, 3.8) is 0 Å². The summed E-state index contributed by atoms with van der Waals surface area (Å²) >= 11 is 7.95. The van der Waals surface area contributed by atoms with Crippen LogP contribution in [0.5, 0.6) is 0 Å². The highest BCUT2D eigenvalue weighted by atomic mass is 79.9. The van der Waals surface area contributed by atoms with Gasteiger partial charge in [-0.25, -0.2) is 0 Å². The number of hydrogen-bond donors (Lipinski definition) is 1. The van der Waals surface area contributed by atoms with Crippen LogP contribution >= 0.6 is 43.2 Å². The molecule has 0 aliphatic heterocycles. The minimum Gasteiger partial charge on any atom is -0.347 e. The van der Waals surface area contributed by atoms with Crippen molar-refractivity contribution in [1.82, 2.24) is 5.32 Å². The Kier molecular flexibility index (Phi) is 4.90. The van der Waals surface area contributed by atoms with Crippen molar-refractivity contribution in [3.05, 3.63) is 59.1 Å². The standard InChI is InChI=1S/C12H8Br2N2O3S/c13-9-3-1-7(5-10(9)16(18)19)12(17)15-6-8-2-4-11(14)20-8/h1-5H,6H2,(H,15,17). The monoisotopic (exact) mass is 418 g/mol. The minimum atomic E-state index is -0.531. The number of halogens is 2. The van der Waals surface area contributed by atoms with Gasteiger partial charge in [-0.3, -0.25) is 14.9 Å². The van der Waals surface area contributed by atoms with Crippen molar-refractivity contribution >= 4 is 54.8 Å². The predicted molar refractivity (Wildman–Crippen MR) is 84.0 cm³/mol. The average molecular weight is 420 g/mol. The van der Waals surface area contributed by atoms with Crippen LogP contribution in [0.15, 0.2) is 38.6 Å². The van der Waals surface area contributed by atoms with Crippen LogP contribution in [0.25, 0.3) is 0 Å². The van der Waals surface area contributed by atoms with Gasteiger partial charge < -0.3 is 5.32 Å². The SMILES string of the molecule is O=C(NCc1ccc(Br)s1)c1ccc(Br)c([N+](=O)[O-])c1. The van der Waals surface area contributed by atoms with Crippen molar-refractivity contribution in [2.24, 2.45) is 0 Å². The van der Waals surface area contributed by atoms with Crippen LogP contribution in [0.1, 0.15) is 15.2 Å². The second-order valence-corrected chi connectivity index (χ2v) is 7.21. The Hall–Kier alpha value is -1.25. The summed E-state index contributed by atoms with van der Waals surface area (Å²) in [5, 5.41) is 13.5. The van der Waals surface area contributed by atoms with E-state index in [1.807, 2.05) is 12.1 Å². The summed E-state index contributed by atoms with van der Waals surface area (Å²) < 4.78 is 1.34. The fraction of sp³-hybridized carbons (Fsp3) is 0.0833. The van der Waals surface area contributed by atoms with E-state index in [2.05, 4.69) is 37.2 Å². The van der Waals surface area contributed by atoms with Crippen molar-refractivity contribution in [3.8, 4) is 0 Å². The quantitative estimate of drug-likeness (QED) is 0.598. The molecule has 0 saturated carbocycles. The number of carbonyl (C=O) groups excluding carboxylic acids is 1. The summed E-state index contributed by atoms with van der Waals surface area (Å²) in [6.07, 6.45) is 0. The molecule has 0 aliphatic rings. The van der Waals surface area contributed by atoms with Crippen molar-refractivity contribution in [1.29, 1.82) is 0 Å². The molecule has 104 valence electrons. The van der Waals surface area contributed by atoms with E-state index in [-0.39, 0.29) is 17.2 Å². The Bertz CT molecular complexity index is 672. The van der Waals surface area contributed by atoms with Crippen LogP contribution < -0.4 is 5.32 Å². The Labute approximate surface area is 135 Å². The first kappa shape index (κ1) is 15.1. The van der Waals surface area contributed by atoms with Gasteiger partial charge in [-0.15, -0.1) is 11.3 Å². The first-order chi connectivity index (χ1) is 9.47. The van der Waals surface area contributed by atoms with Gasteiger partial charge in [0.25, 0.3) is 11.6 Å². The van der Waals surface area contributed by atoms with Gasteiger partial charge in [0.1, 0.15) is 0 Å². The molecule has 20 heavy (non-hydrogen) atoms. The smallest absolute Gasteiger partial charge is 0.284 e. The number of hydrogen-bond acceptors (Lipinski definition) is 4. The number of carbonyl (C=O) groups is 1.